The van der Waals surface area contributed by atoms with Crippen LogP contribution in [0.5, 0.6) is 0 Å². The summed E-state index contributed by atoms with van der Waals surface area (Å²) in [5.74, 6) is 1.73. The number of hydrogen-bond donors (Lipinski definition) is 1. The number of carbonyl (C=O) groups excluding carboxylic acids is 1. The van der Waals surface area contributed by atoms with Crippen LogP contribution in [0, 0.1) is 5.92 Å². The van der Waals surface area contributed by atoms with Crippen molar-refractivity contribution in [1.29, 1.82) is 0 Å². The van der Waals surface area contributed by atoms with Gasteiger partial charge in [-0.15, -0.1) is 11.8 Å². The average molecular weight is 341 g/mol. The van der Waals surface area contributed by atoms with Gasteiger partial charge in [-0.1, -0.05) is 25.1 Å². The van der Waals surface area contributed by atoms with Crippen molar-refractivity contribution in [3.63, 3.8) is 0 Å². The highest BCUT2D eigenvalue weighted by atomic mass is 32.2. The maximum absolute atomic E-state index is 12.3. The first kappa shape index (κ1) is 16.8. The number of pyridine rings is 1. The van der Waals surface area contributed by atoms with E-state index in [2.05, 4.69) is 27.3 Å². The van der Waals surface area contributed by atoms with Gasteiger partial charge in [0.2, 0.25) is 5.91 Å². The zero-order valence-corrected chi connectivity index (χ0v) is 14.8. The quantitative estimate of drug-likeness (QED) is 0.805. The number of rotatable bonds is 6. The van der Waals surface area contributed by atoms with Gasteiger partial charge in [0.15, 0.2) is 0 Å². The van der Waals surface area contributed by atoms with Crippen molar-refractivity contribution in [2.24, 2.45) is 5.92 Å². The summed E-state index contributed by atoms with van der Waals surface area (Å²) in [5.41, 5.74) is 0.763. The predicted molar refractivity (Wildman–Crippen MR) is 101 cm³/mol. The fraction of sp³-hybridized carbons (Fsp3) is 0.368. The van der Waals surface area contributed by atoms with Crippen molar-refractivity contribution in [1.82, 2.24) is 4.98 Å². The molecular formula is C19H23N3OS. The highest BCUT2D eigenvalue weighted by Crippen LogP contribution is 2.22. The summed E-state index contributed by atoms with van der Waals surface area (Å²) in [6, 6.07) is 14.1. The number of nitrogens with one attached hydrogen (secondary N) is 1. The third kappa shape index (κ3) is 4.51. The van der Waals surface area contributed by atoms with Crippen LogP contribution in [0.3, 0.4) is 0 Å². The van der Waals surface area contributed by atoms with Crippen LogP contribution in [0.2, 0.25) is 0 Å². The second-order valence-electron chi connectivity index (χ2n) is 6.11. The lowest BCUT2D eigenvalue weighted by atomic mass is 10.2. The van der Waals surface area contributed by atoms with Crippen molar-refractivity contribution in [2.45, 2.75) is 24.7 Å². The molecule has 0 radical (unpaired) electrons. The Labute approximate surface area is 147 Å². The van der Waals surface area contributed by atoms with E-state index in [1.54, 1.807) is 18.0 Å². The molecule has 1 atom stereocenters. The second-order valence-corrected chi connectivity index (χ2v) is 7.21. The Bertz CT molecular complexity index is 654. The number of nitrogens with zero attached hydrogens (tertiary/aromatic N) is 2. The van der Waals surface area contributed by atoms with Crippen molar-refractivity contribution < 1.29 is 4.79 Å². The summed E-state index contributed by atoms with van der Waals surface area (Å²) >= 11 is 1.70. The Morgan fingerprint density at radius 2 is 1.96 bits per heavy atom. The molecule has 2 heterocycles. The molecule has 0 saturated carbocycles. The Balaban J connectivity index is 1.50. The summed E-state index contributed by atoms with van der Waals surface area (Å²) in [4.78, 5) is 20.3. The molecule has 5 heteroatoms. The summed E-state index contributed by atoms with van der Waals surface area (Å²) in [5, 5.41) is 2.96. The number of aromatic nitrogens is 1. The minimum Gasteiger partial charge on any atom is -0.357 e. The summed E-state index contributed by atoms with van der Waals surface area (Å²) in [6.07, 6.45) is 4.22. The lowest BCUT2D eigenvalue weighted by molar-refractivity contribution is -0.118. The number of hydrogen-bond acceptors (Lipinski definition) is 4. The Hall–Kier alpha value is -2.01. The van der Waals surface area contributed by atoms with Gasteiger partial charge in [0.25, 0.3) is 0 Å². The molecule has 1 unspecified atom stereocenters. The molecule has 24 heavy (non-hydrogen) atoms. The molecule has 1 aromatic carbocycles. The van der Waals surface area contributed by atoms with Crippen LogP contribution in [0.1, 0.15) is 19.8 Å². The highest BCUT2D eigenvalue weighted by Gasteiger charge is 2.15. The standard InChI is InChI=1S/C19H23N3OS/c1-15(14-24-17-7-3-2-4-8-17)19(23)21-16-9-10-18(20-13-16)22-11-5-6-12-22/h2-4,7-10,13,15H,5-6,11-12,14H2,1H3,(H,21,23). The molecular weight excluding hydrogens is 318 g/mol. The van der Waals surface area contributed by atoms with Gasteiger partial charge in [-0.05, 0) is 37.1 Å². The topological polar surface area (TPSA) is 45.2 Å². The molecule has 1 aromatic heterocycles. The van der Waals surface area contributed by atoms with Crippen LogP contribution in [-0.4, -0.2) is 29.7 Å². The number of benzene rings is 1. The van der Waals surface area contributed by atoms with E-state index in [0.717, 1.165) is 30.3 Å². The van der Waals surface area contributed by atoms with Crippen LogP contribution >= 0.6 is 11.8 Å². The first-order chi connectivity index (χ1) is 11.7. The van der Waals surface area contributed by atoms with E-state index in [1.165, 1.54) is 17.7 Å². The third-order valence-electron chi connectivity index (χ3n) is 4.14. The van der Waals surface area contributed by atoms with Crippen LogP contribution < -0.4 is 10.2 Å². The van der Waals surface area contributed by atoms with E-state index < -0.39 is 0 Å². The maximum atomic E-state index is 12.3. The van der Waals surface area contributed by atoms with E-state index in [1.807, 2.05) is 37.3 Å². The second kappa shape index (κ2) is 8.20. The lowest BCUT2D eigenvalue weighted by Crippen LogP contribution is -2.22. The normalized spacial score (nSPS) is 15.3. The molecule has 2 aromatic rings. The van der Waals surface area contributed by atoms with Crippen LogP contribution in [0.4, 0.5) is 11.5 Å². The van der Waals surface area contributed by atoms with Gasteiger partial charge >= 0.3 is 0 Å². The van der Waals surface area contributed by atoms with Gasteiger partial charge < -0.3 is 10.2 Å². The zero-order valence-electron chi connectivity index (χ0n) is 13.9. The molecule has 1 fully saturated rings. The van der Waals surface area contributed by atoms with Gasteiger partial charge in [-0.2, -0.15) is 0 Å². The van der Waals surface area contributed by atoms with Gasteiger partial charge in [-0.3, -0.25) is 4.79 Å². The number of carbonyl (C=O) groups is 1. The van der Waals surface area contributed by atoms with Crippen LogP contribution in [0.15, 0.2) is 53.6 Å². The fourth-order valence-electron chi connectivity index (χ4n) is 2.67. The molecule has 3 rings (SSSR count). The first-order valence-corrected chi connectivity index (χ1v) is 9.40. The van der Waals surface area contributed by atoms with Crippen LogP contribution in [-0.2, 0) is 4.79 Å². The SMILES string of the molecule is CC(CSc1ccccc1)C(=O)Nc1ccc(N2CCCC2)nc1. The van der Waals surface area contributed by atoms with E-state index in [4.69, 9.17) is 0 Å². The summed E-state index contributed by atoms with van der Waals surface area (Å²) in [7, 11) is 0. The summed E-state index contributed by atoms with van der Waals surface area (Å²) in [6.45, 7) is 4.11. The molecule has 4 nitrogen and oxygen atoms in total. The van der Waals surface area contributed by atoms with Crippen molar-refractivity contribution in [3.8, 4) is 0 Å². The monoisotopic (exact) mass is 341 g/mol. The lowest BCUT2D eigenvalue weighted by Gasteiger charge is -2.17. The van der Waals surface area contributed by atoms with Crippen molar-refractivity contribution in [3.05, 3.63) is 48.7 Å². The molecule has 126 valence electrons. The molecule has 1 aliphatic heterocycles. The Morgan fingerprint density at radius 1 is 1.21 bits per heavy atom. The van der Waals surface area contributed by atoms with E-state index in [9.17, 15) is 4.79 Å². The van der Waals surface area contributed by atoms with Gasteiger partial charge in [0, 0.05) is 29.7 Å². The average Bonchev–Trinajstić information content (AvgIpc) is 3.16. The van der Waals surface area contributed by atoms with Gasteiger partial charge in [0.05, 0.1) is 11.9 Å². The largest absolute Gasteiger partial charge is 0.357 e. The Kier molecular flexibility index (Phi) is 5.75. The van der Waals surface area contributed by atoms with E-state index in [0.29, 0.717) is 0 Å². The van der Waals surface area contributed by atoms with E-state index in [-0.39, 0.29) is 11.8 Å². The molecule has 0 spiro atoms. The number of thioether (sulfide) groups is 1. The molecule has 1 aliphatic rings. The molecule has 1 saturated heterocycles. The smallest absolute Gasteiger partial charge is 0.228 e. The predicted octanol–water partition coefficient (Wildman–Crippen LogP) is 4.05. The van der Waals surface area contributed by atoms with Crippen molar-refractivity contribution in [2.75, 3.05) is 29.1 Å². The number of amides is 1. The van der Waals surface area contributed by atoms with Gasteiger partial charge in [-0.25, -0.2) is 4.98 Å². The highest BCUT2D eigenvalue weighted by molar-refractivity contribution is 7.99. The minimum absolute atomic E-state index is 0.0363. The third-order valence-corrected chi connectivity index (χ3v) is 5.41. The fourth-order valence-corrected chi connectivity index (χ4v) is 3.62. The molecule has 0 bridgehead atoms. The van der Waals surface area contributed by atoms with Gasteiger partial charge in [0.1, 0.15) is 5.82 Å². The Morgan fingerprint density at radius 3 is 2.62 bits per heavy atom. The number of anilines is 2. The van der Waals surface area contributed by atoms with Crippen LogP contribution in [0.25, 0.3) is 0 Å². The van der Waals surface area contributed by atoms with Crippen molar-refractivity contribution >= 4 is 29.2 Å². The summed E-state index contributed by atoms with van der Waals surface area (Å²) < 4.78 is 0. The first-order valence-electron chi connectivity index (χ1n) is 8.42. The zero-order chi connectivity index (χ0) is 16.8. The molecule has 0 aliphatic carbocycles. The minimum atomic E-state index is -0.0616. The maximum Gasteiger partial charge on any atom is 0.228 e. The molecule has 1 amide bonds. The van der Waals surface area contributed by atoms with E-state index >= 15 is 0 Å². The molecule has 1 N–H and O–H groups in total.